The van der Waals surface area contributed by atoms with E-state index in [1.54, 1.807) is 19.4 Å². The van der Waals surface area contributed by atoms with Gasteiger partial charge in [-0.2, -0.15) is 0 Å². The summed E-state index contributed by atoms with van der Waals surface area (Å²) < 4.78 is 5.94. The Morgan fingerprint density at radius 2 is 2.40 bits per heavy atom. The number of nitrogens with zero attached hydrogens (tertiary/aromatic N) is 1. The van der Waals surface area contributed by atoms with E-state index in [9.17, 15) is 0 Å². The smallest absolute Gasteiger partial charge is 0.150 e. The molecule has 0 fully saturated rings. The predicted molar refractivity (Wildman–Crippen MR) is 48.5 cm³/mol. The molecule has 0 spiro atoms. The molecule has 0 aliphatic rings. The molecule has 54 valence electrons. The van der Waals surface area contributed by atoms with E-state index in [4.69, 9.17) is 16.3 Å². The number of aromatic nitrogens is 1. The van der Waals surface area contributed by atoms with Crippen molar-refractivity contribution in [3.63, 3.8) is 0 Å². The highest BCUT2D eigenvalue weighted by atomic mass is 127. The molecule has 0 aromatic carbocycles. The summed E-state index contributed by atoms with van der Waals surface area (Å²) in [6.45, 7) is 0. The maximum Gasteiger partial charge on any atom is 0.150 e. The van der Waals surface area contributed by atoms with E-state index in [-0.39, 0.29) is 0 Å². The maximum atomic E-state index is 5.60. The van der Waals surface area contributed by atoms with E-state index in [0.29, 0.717) is 5.15 Å². The lowest BCUT2D eigenvalue weighted by Crippen LogP contribution is -1.87. The molecule has 2 nitrogen and oxygen atoms in total. The largest absolute Gasteiger partial charge is 0.494 e. The van der Waals surface area contributed by atoms with Crippen LogP contribution in [0.1, 0.15) is 0 Å². The van der Waals surface area contributed by atoms with Crippen LogP contribution in [0.15, 0.2) is 12.3 Å². The Labute approximate surface area is 77.7 Å². The fourth-order valence-electron chi connectivity index (χ4n) is 0.545. The molecule has 0 saturated heterocycles. The van der Waals surface area contributed by atoms with E-state index in [1.165, 1.54) is 0 Å². The van der Waals surface area contributed by atoms with Gasteiger partial charge in [-0.05, 0) is 28.7 Å². The summed E-state index contributed by atoms with van der Waals surface area (Å²) in [5.74, 6) is 0.755. The van der Waals surface area contributed by atoms with E-state index in [1.807, 2.05) is 0 Å². The maximum absolute atomic E-state index is 5.60. The zero-order chi connectivity index (χ0) is 7.56. The third-order valence-corrected chi connectivity index (χ3v) is 2.06. The first-order valence-electron chi connectivity index (χ1n) is 2.59. The molecule has 0 bridgehead atoms. The van der Waals surface area contributed by atoms with E-state index in [0.717, 1.165) is 9.32 Å². The van der Waals surface area contributed by atoms with Crippen molar-refractivity contribution in [3.8, 4) is 5.75 Å². The van der Waals surface area contributed by atoms with Gasteiger partial charge < -0.3 is 4.74 Å². The highest BCUT2D eigenvalue weighted by molar-refractivity contribution is 14.1. The molecule has 1 heterocycles. The first-order valence-corrected chi connectivity index (χ1v) is 4.04. The quantitative estimate of drug-likeness (QED) is 0.577. The summed E-state index contributed by atoms with van der Waals surface area (Å²) in [4.78, 5) is 3.85. The molecule has 1 rings (SSSR count). The van der Waals surface area contributed by atoms with Crippen LogP contribution in [-0.4, -0.2) is 12.1 Å². The third kappa shape index (κ3) is 1.73. The first-order chi connectivity index (χ1) is 4.74. The number of hydrogen-bond acceptors (Lipinski definition) is 2. The standard InChI is InChI=1S/C6H5ClINO/c1-10-5-3-9-6(7)2-4(5)8/h2-3H,1H3. The molecular formula is C6H5ClINO. The SMILES string of the molecule is COc1cnc(Cl)cc1I. The van der Waals surface area contributed by atoms with Crippen molar-refractivity contribution in [2.45, 2.75) is 0 Å². The molecule has 4 heteroatoms. The van der Waals surface area contributed by atoms with Gasteiger partial charge in [-0.3, -0.25) is 0 Å². The van der Waals surface area contributed by atoms with Gasteiger partial charge in [0.25, 0.3) is 0 Å². The fourth-order valence-corrected chi connectivity index (χ4v) is 1.54. The number of halogens is 2. The minimum atomic E-state index is 0.491. The van der Waals surface area contributed by atoms with Crippen LogP contribution in [0, 0.1) is 3.57 Å². The van der Waals surface area contributed by atoms with Crippen LogP contribution in [0.5, 0.6) is 5.75 Å². The summed E-state index contributed by atoms with van der Waals surface area (Å²) in [5, 5.41) is 0.491. The van der Waals surface area contributed by atoms with Gasteiger partial charge in [0.1, 0.15) is 5.15 Å². The average molecular weight is 269 g/mol. The second kappa shape index (κ2) is 3.39. The summed E-state index contributed by atoms with van der Waals surface area (Å²) in [7, 11) is 1.60. The molecule has 1 aromatic rings. The Hall–Kier alpha value is -0.0300. The van der Waals surface area contributed by atoms with Crippen LogP contribution >= 0.6 is 34.2 Å². The Bertz CT molecular complexity index is 241. The normalized spacial score (nSPS) is 9.50. The Morgan fingerprint density at radius 1 is 1.70 bits per heavy atom. The molecule has 0 aliphatic carbocycles. The molecule has 0 saturated carbocycles. The fraction of sp³-hybridized carbons (Fsp3) is 0.167. The lowest BCUT2D eigenvalue weighted by molar-refractivity contribution is 0.410. The van der Waals surface area contributed by atoms with Gasteiger partial charge in [-0.25, -0.2) is 4.98 Å². The average Bonchev–Trinajstić information content (AvgIpc) is 1.88. The number of ether oxygens (including phenoxy) is 1. The molecule has 0 atom stereocenters. The lowest BCUT2D eigenvalue weighted by Gasteiger charge is -2.00. The number of hydrogen-bond donors (Lipinski definition) is 0. The van der Waals surface area contributed by atoms with Crippen LogP contribution in [0.2, 0.25) is 5.15 Å². The van der Waals surface area contributed by atoms with Crippen LogP contribution in [0.25, 0.3) is 0 Å². The molecule has 0 aliphatic heterocycles. The molecule has 0 unspecified atom stereocenters. The van der Waals surface area contributed by atoms with Crippen molar-refractivity contribution in [1.29, 1.82) is 0 Å². The van der Waals surface area contributed by atoms with Crippen LogP contribution in [0.3, 0.4) is 0 Å². The Morgan fingerprint density at radius 3 is 2.90 bits per heavy atom. The first kappa shape index (κ1) is 8.07. The van der Waals surface area contributed by atoms with E-state index >= 15 is 0 Å². The molecule has 0 radical (unpaired) electrons. The molecule has 0 N–H and O–H groups in total. The highest BCUT2D eigenvalue weighted by Crippen LogP contribution is 2.21. The minimum absolute atomic E-state index is 0.491. The van der Waals surface area contributed by atoms with Crippen molar-refractivity contribution in [1.82, 2.24) is 4.98 Å². The topological polar surface area (TPSA) is 22.1 Å². The zero-order valence-corrected chi connectivity index (χ0v) is 8.18. The number of rotatable bonds is 1. The summed E-state index contributed by atoms with van der Waals surface area (Å²) in [6.07, 6.45) is 1.60. The third-order valence-electron chi connectivity index (χ3n) is 1.01. The Kier molecular flexibility index (Phi) is 2.73. The second-order valence-corrected chi connectivity index (χ2v) is 3.19. The lowest BCUT2D eigenvalue weighted by atomic mass is 10.5. The zero-order valence-electron chi connectivity index (χ0n) is 5.27. The van der Waals surface area contributed by atoms with Crippen molar-refractivity contribution < 1.29 is 4.74 Å². The van der Waals surface area contributed by atoms with Gasteiger partial charge in [0.05, 0.1) is 16.9 Å². The number of pyridine rings is 1. The van der Waals surface area contributed by atoms with Gasteiger partial charge in [0.2, 0.25) is 0 Å². The van der Waals surface area contributed by atoms with Gasteiger partial charge in [-0.1, -0.05) is 11.6 Å². The van der Waals surface area contributed by atoms with Crippen molar-refractivity contribution >= 4 is 34.2 Å². The second-order valence-electron chi connectivity index (χ2n) is 1.64. The van der Waals surface area contributed by atoms with Crippen LogP contribution < -0.4 is 4.74 Å². The molecule has 0 amide bonds. The summed E-state index contributed by atoms with van der Waals surface area (Å²) >= 11 is 7.74. The molecule has 10 heavy (non-hydrogen) atoms. The van der Waals surface area contributed by atoms with E-state index in [2.05, 4.69) is 27.6 Å². The molecule has 1 aromatic heterocycles. The monoisotopic (exact) mass is 269 g/mol. The predicted octanol–water partition coefficient (Wildman–Crippen LogP) is 2.35. The van der Waals surface area contributed by atoms with Gasteiger partial charge in [-0.15, -0.1) is 0 Å². The van der Waals surface area contributed by atoms with Crippen LogP contribution in [0.4, 0.5) is 0 Å². The van der Waals surface area contributed by atoms with Gasteiger partial charge in [0, 0.05) is 0 Å². The molecular weight excluding hydrogens is 264 g/mol. The minimum Gasteiger partial charge on any atom is -0.494 e. The summed E-state index contributed by atoms with van der Waals surface area (Å²) in [6, 6.07) is 1.75. The van der Waals surface area contributed by atoms with Crippen LogP contribution in [-0.2, 0) is 0 Å². The Balaban J connectivity index is 3.07. The summed E-state index contributed by atoms with van der Waals surface area (Å²) in [5.41, 5.74) is 0. The van der Waals surface area contributed by atoms with E-state index < -0.39 is 0 Å². The van der Waals surface area contributed by atoms with Crippen molar-refractivity contribution in [2.75, 3.05) is 7.11 Å². The highest BCUT2D eigenvalue weighted by Gasteiger charge is 1.99. The number of methoxy groups -OCH3 is 1. The van der Waals surface area contributed by atoms with Gasteiger partial charge >= 0.3 is 0 Å². The van der Waals surface area contributed by atoms with Crippen molar-refractivity contribution in [3.05, 3.63) is 21.0 Å². The van der Waals surface area contributed by atoms with Gasteiger partial charge in [0.15, 0.2) is 5.75 Å². The van der Waals surface area contributed by atoms with Crippen molar-refractivity contribution in [2.24, 2.45) is 0 Å².